The van der Waals surface area contributed by atoms with Crippen molar-refractivity contribution in [2.75, 3.05) is 31.5 Å². The molecule has 2 aromatic carbocycles. The molecule has 1 N–H and O–H groups in total. The minimum atomic E-state index is -0.0756. The number of hydrogen-bond donors (Lipinski definition) is 1. The predicted molar refractivity (Wildman–Crippen MR) is 109 cm³/mol. The number of hydrogen-bond acceptors (Lipinski definition) is 2. The standard InChI is InChI=1S/C18H18Br2ClN3O/c19-16-5-4-13(10-17(16)20)12-23-6-8-24(9-7-23)18(25)22-15-3-1-2-14(21)11-15/h1-5,10-11H,6-9,12H2,(H,22,25). The number of nitrogens with one attached hydrogen (secondary N) is 1. The molecule has 2 amide bonds. The Morgan fingerprint density at radius 3 is 2.48 bits per heavy atom. The molecule has 1 aliphatic heterocycles. The average Bonchev–Trinajstić information content (AvgIpc) is 2.59. The van der Waals surface area contributed by atoms with Gasteiger partial charge in [-0.25, -0.2) is 4.79 Å². The van der Waals surface area contributed by atoms with Crippen LogP contribution in [-0.2, 0) is 6.54 Å². The molecule has 1 saturated heterocycles. The molecule has 132 valence electrons. The van der Waals surface area contributed by atoms with Crippen LogP contribution in [0.15, 0.2) is 51.4 Å². The number of benzene rings is 2. The van der Waals surface area contributed by atoms with E-state index in [0.29, 0.717) is 18.1 Å². The average molecular weight is 488 g/mol. The zero-order valence-corrected chi connectivity index (χ0v) is 17.4. The monoisotopic (exact) mass is 485 g/mol. The highest BCUT2D eigenvalue weighted by Crippen LogP contribution is 2.24. The third-order valence-electron chi connectivity index (χ3n) is 4.13. The lowest BCUT2D eigenvalue weighted by molar-refractivity contribution is 0.143. The maximum atomic E-state index is 12.4. The molecule has 1 aliphatic rings. The summed E-state index contributed by atoms with van der Waals surface area (Å²) in [5.74, 6) is 0. The van der Waals surface area contributed by atoms with Gasteiger partial charge in [0.15, 0.2) is 0 Å². The van der Waals surface area contributed by atoms with Crippen LogP contribution >= 0.6 is 43.5 Å². The Hall–Kier alpha value is -1.08. The van der Waals surface area contributed by atoms with E-state index in [1.165, 1.54) is 5.56 Å². The zero-order valence-electron chi connectivity index (χ0n) is 13.5. The quantitative estimate of drug-likeness (QED) is 0.645. The molecule has 0 radical (unpaired) electrons. The van der Waals surface area contributed by atoms with Gasteiger partial charge in [0.05, 0.1) is 0 Å². The van der Waals surface area contributed by atoms with Gasteiger partial charge in [-0.2, -0.15) is 0 Å². The topological polar surface area (TPSA) is 35.6 Å². The summed E-state index contributed by atoms with van der Waals surface area (Å²) >= 11 is 13.0. The highest BCUT2D eigenvalue weighted by Gasteiger charge is 2.21. The van der Waals surface area contributed by atoms with Crippen LogP contribution in [0.3, 0.4) is 0 Å². The normalized spacial score (nSPS) is 15.2. The summed E-state index contributed by atoms with van der Waals surface area (Å²) in [7, 11) is 0. The molecule has 0 spiro atoms. The van der Waals surface area contributed by atoms with Gasteiger partial charge in [-0.3, -0.25) is 4.90 Å². The van der Waals surface area contributed by atoms with Gasteiger partial charge in [-0.1, -0.05) is 23.7 Å². The molecule has 4 nitrogen and oxygen atoms in total. The molecule has 2 aromatic rings. The zero-order chi connectivity index (χ0) is 17.8. The highest BCUT2D eigenvalue weighted by atomic mass is 79.9. The number of halogens is 3. The maximum absolute atomic E-state index is 12.4. The third kappa shape index (κ3) is 5.20. The Kier molecular flexibility index (Phi) is 6.39. The van der Waals surface area contributed by atoms with E-state index in [-0.39, 0.29) is 6.03 Å². The molecule has 0 aliphatic carbocycles. The first-order chi connectivity index (χ1) is 12.0. The van der Waals surface area contributed by atoms with E-state index in [4.69, 9.17) is 11.6 Å². The van der Waals surface area contributed by atoms with E-state index in [1.807, 2.05) is 23.1 Å². The van der Waals surface area contributed by atoms with Gasteiger partial charge in [0.1, 0.15) is 0 Å². The summed E-state index contributed by atoms with van der Waals surface area (Å²) in [4.78, 5) is 16.6. The van der Waals surface area contributed by atoms with Crippen LogP contribution in [0, 0.1) is 0 Å². The van der Waals surface area contributed by atoms with E-state index in [0.717, 1.165) is 34.3 Å². The van der Waals surface area contributed by atoms with Crippen molar-refractivity contribution in [2.24, 2.45) is 0 Å². The van der Waals surface area contributed by atoms with Crippen LogP contribution in [-0.4, -0.2) is 42.0 Å². The molecule has 0 saturated carbocycles. The van der Waals surface area contributed by atoms with Gasteiger partial charge in [-0.15, -0.1) is 0 Å². The third-order valence-corrected chi connectivity index (χ3v) is 6.24. The molecule has 0 bridgehead atoms. The Morgan fingerprint density at radius 2 is 1.80 bits per heavy atom. The molecular formula is C18H18Br2ClN3O. The highest BCUT2D eigenvalue weighted by molar-refractivity contribution is 9.13. The second kappa shape index (κ2) is 8.54. The lowest BCUT2D eigenvalue weighted by Crippen LogP contribution is -2.49. The first kappa shape index (κ1) is 18.7. The van der Waals surface area contributed by atoms with Crippen LogP contribution in [0.5, 0.6) is 0 Å². The Balaban J connectivity index is 1.51. The van der Waals surface area contributed by atoms with E-state index in [9.17, 15) is 4.79 Å². The van der Waals surface area contributed by atoms with Crippen LogP contribution < -0.4 is 5.32 Å². The van der Waals surface area contributed by atoms with E-state index >= 15 is 0 Å². The van der Waals surface area contributed by atoms with Gasteiger partial charge < -0.3 is 10.2 Å². The van der Waals surface area contributed by atoms with Crippen molar-refractivity contribution in [1.29, 1.82) is 0 Å². The van der Waals surface area contributed by atoms with Crippen LogP contribution in [0.25, 0.3) is 0 Å². The molecule has 0 unspecified atom stereocenters. The smallest absolute Gasteiger partial charge is 0.321 e. The predicted octanol–water partition coefficient (Wildman–Crippen LogP) is 5.21. The second-order valence-electron chi connectivity index (χ2n) is 5.95. The number of urea groups is 1. The Labute approximate surface area is 169 Å². The molecule has 1 heterocycles. The summed E-state index contributed by atoms with van der Waals surface area (Å²) < 4.78 is 2.11. The van der Waals surface area contributed by atoms with E-state index < -0.39 is 0 Å². The summed E-state index contributed by atoms with van der Waals surface area (Å²) in [6.45, 7) is 4.02. The fourth-order valence-electron chi connectivity index (χ4n) is 2.77. The fourth-order valence-corrected chi connectivity index (χ4v) is 3.64. The summed E-state index contributed by atoms with van der Waals surface area (Å²) in [5, 5.41) is 3.52. The van der Waals surface area contributed by atoms with Gasteiger partial charge in [-0.05, 0) is 67.8 Å². The first-order valence-electron chi connectivity index (χ1n) is 7.99. The summed E-state index contributed by atoms with van der Waals surface area (Å²) in [6, 6.07) is 13.4. The van der Waals surface area contributed by atoms with Gasteiger partial charge in [0.25, 0.3) is 0 Å². The molecule has 7 heteroatoms. The van der Waals surface area contributed by atoms with Gasteiger partial charge in [0.2, 0.25) is 0 Å². The summed E-state index contributed by atoms with van der Waals surface area (Å²) in [6.07, 6.45) is 0. The lowest BCUT2D eigenvalue weighted by atomic mass is 10.2. The maximum Gasteiger partial charge on any atom is 0.321 e. The van der Waals surface area contributed by atoms with Crippen LogP contribution in [0.4, 0.5) is 10.5 Å². The van der Waals surface area contributed by atoms with Crippen LogP contribution in [0.2, 0.25) is 5.02 Å². The Bertz CT molecular complexity index is 764. The van der Waals surface area contributed by atoms with Crippen LogP contribution in [0.1, 0.15) is 5.56 Å². The molecule has 1 fully saturated rings. The van der Waals surface area contributed by atoms with Crippen molar-refractivity contribution < 1.29 is 4.79 Å². The number of rotatable bonds is 3. The molecule has 3 rings (SSSR count). The number of nitrogens with zero attached hydrogens (tertiary/aromatic N) is 2. The van der Waals surface area contributed by atoms with Crippen molar-refractivity contribution in [3.63, 3.8) is 0 Å². The van der Waals surface area contributed by atoms with Crippen molar-refractivity contribution in [3.8, 4) is 0 Å². The van der Waals surface area contributed by atoms with E-state index in [1.54, 1.807) is 12.1 Å². The van der Waals surface area contributed by atoms with Crippen molar-refractivity contribution >= 4 is 55.2 Å². The number of carbonyl (C=O) groups excluding carboxylic acids is 1. The first-order valence-corrected chi connectivity index (χ1v) is 9.95. The molecular weight excluding hydrogens is 469 g/mol. The SMILES string of the molecule is O=C(Nc1cccc(Cl)c1)N1CCN(Cc2ccc(Br)c(Br)c2)CC1. The Morgan fingerprint density at radius 1 is 1.04 bits per heavy atom. The summed E-state index contributed by atoms with van der Waals surface area (Å²) in [5.41, 5.74) is 1.98. The fraction of sp³-hybridized carbons (Fsp3) is 0.278. The van der Waals surface area contributed by atoms with Crippen molar-refractivity contribution in [2.45, 2.75) is 6.54 Å². The van der Waals surface area contributed by atoms with Crippen molar-refractivity contribution in [1.82, 2.24) is 9.80 Å². The minimum Gasteiger partial charge on any atom is -0.322 e. The molecule has 25 heavy (non-hydrogen) atoms. The van der Waals surface area contributed by atoms with Gasteiger partial charge in [0, 0.05) is 52.4 Å². The number of anilines is 1. The molecule has 0 aromatic heterocycles. The number of carbonyl (C=O) groups is 1. The van der Waals surface area contributed by atoms with Gasteiger partial charge >= 0.3 is 6.03 Å². The minimum absolute atomic E-state index is 0.0756. The number of amides is 2. The number of piperazine rings is 1. The lowest BCUT2D eigenvalue weighted by Gasteiger charge is -2.34. The van der Waals surface area contributed by atoms with E-state index in [2.05, 4.69) is 54.2 Å². The molecule has 0 atom stereocenters. The largest absolute Gasteiger partial charge is 0.322 e. The second-order valence-corrected chi connectivity index (χ2v) is 8.10. The van der Waals surface area contributed by atoms with Crippen molar-refractivity contribution in [3.05, 3.63) is 62.0 Å².